The molecule has 6 nitrogen and oxygen atoms in total. The van der Waals surface area contributed by atoms with Crippen molar-refractivity contribution in [3.05, 3.63) is 12.7 Å². The van der Waals surface area contributed by atoms with Crippen LogP contribution in [0.2, 0.25) is 0 Å². The third kappa shape index (κ3) is 3.78. The summed E-state index contributed by atoms with van der Waals surface area (Å²) in [5.74, 6) is 0.914. The summed E-state index contributed by atoms with van der Waals surface area (Å²) < 4.78 is 5.15. The molecule has 0 aromatic carbocycles. The van der Waals surface area contributed by atoms with E-state index < -0.39 is 0 Å². The standard InChI is InChI=1S/C14H21N3O3S/c1-4-7-20-14(19)17-9-11(21-10(2)18)8-12(17)13-15-5-6-16(13)3/h4,11-12H,1,5-9H2,2-3H3/t11-,12-/m0/s1. The quantitative estimate of drug-likeness (QED) is 0.734. The summed E-state index contributed by atoms with van der Waals surface area (Å²) >= 11 is 1.29. The molecule has 1 amide bonds. The van der Waals surface area contributed by atoms with Crippen LogP contribution in [0.5, 0.6) is 0 Å². The SMILES string of the molecule is C=CCOC(=O)N1C[C@@H](SC(C)=O)C[C@H]1C1=NCCN1C. The Labute approximate surface area is 129 Å². The van der Waals surface area contributed by atoms with Crippen molar-refractivity contribution in [3.8, 4) is 0 Å². The van der Waals surface area contributed by atoms with E-state index in [1.54, 1.807) is 17.9 Å². The molecular formula is C14H21N3O3S. The summed E-state index contributed by atoms with van der Waals surface area (Å²) in [7, 11) is 1.98. The number of amidine groups is 1. The van der Waals surface area contributed by atoms with E-state index in [1.807, 2.05) is 7.05 Å². The molecule has 2 heterocycles. The van der Waals surface area contributed by atoms with Gasteiger partial charge in [-0.05, 0) is 6.42 Å². The lowest BCUT2D eigenvalue weighted by atomic mass is 10.2. The molecule has 21 heavy (non-hydrogen) atoms. The van der Waals surface area contributed by atoms with Crippen LogP contribution in [0.4, 0.5) is 4.79 Å². The molecule has 0 aromatic rings. The van der Waals surface area contributed by atoms with Crippen LogP contribution < -0.4 is 0 Å². The van der Waals surface area contributed by atoms with Crippen LogP contribution in [0.3, 0.4) is 0 Å². The van der Waals surface area contributed by atoms with Crippen molar-refractivity contribution in [3.63, 3.8) is 0 Å². The third-order valence-electron chi connectivity index (χ3n) is 3.55. The molecule has 0 saturated carbocycles. The fraction of sp³-hybridized carbons (Fsp3) is 0.643. The number of amides is 1. The van der Waals surface area contributed by atoms with E-state index >= 15 is 0 Å². The minimum Gasteiger partial charge on any atom is -0.445 e. The third-order valence-corrected chi connectivity index (χ3v) is 4.56. The fourth-order valence-corrected chi connectivity index (χ4v) is 3.67. The van der Waals surface area contributed by atoms with Gasteiger partial charge in [0, 0.05) is 32.3 Å². The van der Waals surface area contributed by atoms with Crippen molar-refractivity contribution >= 4 is 28.8 Å². The molecule has 116 valence electrons. The maximum atomic E-state index is 12.2. The second-order valence-electron chi connectivity index (χ2n) is 5.16. The predicted octanol–water partition coefficient (Wildman–Crippen LogP) is 1.38. The van der Waals surface area contributed by atoms with E-state index in [0.29, 0.717) is 6.54 Å². The maximum absolute atomic E-state index is 12.2. The van der Waals surface area contributed by atoms with Crippen LogP contribution >= 0.6 is 11.8 Å². The summed E-state index contributed by atoms with van der Waals surface area (Å²) in [4.78, 5) is 31.8. The van der Waals surface area contributed by atoms with Crippen molar-refractivity contribution in [2.45, 2.75) is 24.6 Å². The van der Waals surface area contributed by atoms with Gasteiger partial charge in [-0.2, -0.15) is 0 Å². The van der Waals surface area contributed by atoms with Gasteiger partial charge in [0.15, 0.2) is 5.12 Å². The fourth-order valence-electron chi connectivity index (χ4n) is 2.69. The molecule has 0 N–H and O–H groups in total. The zero-order chi connectivity index (χ0) is 15.4. The number of carbonyl (C=O) groups excluding carboxylic acids is 2. The molecule has 7 heteroatoms. The first-order valence-electron chi connectivity index (χ1n) is 7.00. The normalized spacial score (nSPS) is 25.0. The van der Waals surface area contributed by atoms with Gasteiger partial charge in [-0.1, -0.05) is 24.4 Å². The first-order valence-corrected chi connectivity index (χ1v) is 7.88. The topological polar surface area (TPSA) is 62.2 Å². The van der Waals surface area contributed by atoms with Gasteiger partial charge in [0.1, 0.15) is 12.4 Å². The van der Waals surface area contributed by atoms with Gasteiger partial charge in [-0.25, -0.2) is 4.79 Å². The lowest BCUT2D eigenvalue weighted by Crippen LogP contribution is -2.45. The minimum absolute atomic E-state index is 0.0711. The van der Waals surface area contributed by atoms with E-state index in [2.05, 4.69) is 16.5 Å². The Bertz CT molecular complexity index is 466. The molecule has 0 bridgehead atoms. The van der Waals surface area contributed by atoms with Gasteiger partial charge in [-0.3, -0.25) is 14.7 Å². The molecule has 2 atom stereocenters. The molecule has 1 saturated heterocycles. The predicted molar refractivity (Wildman–Crippen MR) is 83.6 cm³/mol. The van der Waals surface area contributed by atoms with Crippen molar-refractivity contribution in [2.24, 2.45) is 4.99 Å². The number of hydrogen-bond acceptors (Lipinski definition) is 6. The Morgan fingerprint density at radius 2 is 2.33 bits per heavy atom. The molecule has 1 fully saturated rings. The Kier molecular flexibility index (Phi) is 5.27. The van der Waals surface area contributed by atoms with Gasteiger partial charge in [0.25, 0.3) is 0 Å². The van der Waals surface area contributed by atoms with Crippen LogP contribution in [0.25, 0.3) is 0 Å². The highest BCUT2D eigenvalue weighted by Crippen LogP contribution is 2.30. The highest BCUT2D eigenvalue weighted by molar-refractivity contribution is 8.14. The Morgan fingerprint density at radius 3 is 2.90 bits per heavy atom. The number of rotatable bonds is 4. The number of nitrogens with zero attached hydrogens (tertiary/aromatic N) is 3. The average molecular weight is 311 g/mol. The number of aliphatic imine (C=N–C) groups is 1. The summed E-state index contributed by atoms with van der Waals surface area (Å²) in [5, 5.41) is 0.169. The van der Waals surface area contributed by atoms with Crippen LogP contribution in [0.1, 0.15) is 13.3 Å². The molecule has 0 aliphatic carbocycles. The second kappa shape index (κ2) is 6.98. The average Bonchev–Trinajstić information content (AvgIpc) is 3.01. The number of carbonyl (C=O) groups is 2. The number of likely N-dealkylation sites (tertiary alicyclic amines) is 1. The maximum Gasteiger partial charge on any atom is 0.410 e. The van der Waals surface area contributed by atoms with Crippen molar-refractivity contribution in [2.75, 3.05) is 33.3 Å². The van der Waals surface area contributed by atoms with Crippen LogP contribution in [-0.4, -0.2) is 71.4 Å². The van der Waals surface area contributed by atoms with Crippen molar-refractivity contribution < 1.29 is 14.3 Å². The molecule has 2 rings (SSSR count). The number of hydrogen-bond donors (Lipinski definition) is 0. The monoisotopic (exact) mass is 311 g/mol. The first-order chi connectivity index (χ1) is 10.0. The molecule has 0 aromatic heterocycles. The van der Waals surface area contributed by atoms with Crippen LogP contribution in [-0.2, 0) is 9.53 Å². The summed E-state index contributed by atoms with van der Waals surface area (Å²) in [6, 6.07) is -0.105. The van der Waals surface area contributed by atoms with Crippen LogP contribution in [0.15, 0.2) is 17.6 Å². The summed E-state index contributed by atoms with van der Waals surface area (Å²) in [5.41, 5.74) is 0. The van der Waals surface area contributed by atoms with Gasteiger partial charge in [0.2, 0.25) is 0 Å². The molecule has 0 unspecified atom stereocenters. The zero-order valence-corrected chi connectivity index (χ0v) is 13.3. The second-order valence-corrected chi connectivity index (χ2v) is 6.64. The molecule has 2 aliphatic heterocycles. The summed E-state index contributed by atoms with van der Waals surface area (Å²) in [6.45, 7) is 7.42. The smallest absolute Gasteiger partial charge is 0.410 e. The van der Waals surface area contributed by atoms with Gasteiger partial charge in [0.05, 0.1) is 12.6 Å². The number of likely N-dealkylation sites (N-methyl/N-ethyl adjacent to an activating group) is 1. The first kappa shape index (κ1) is 15.9. The zero-order valence-electron chi connectivity index (χ0n) is 12.4. The van der Waals surface area contributed by atoms with E-state index in [4.69, 9.17) is 4.74 Å². The summed E-state index contributed by atoms with van der Waals surface area (Å²) in [6.07, 6.45) is 1.91. The minimum atomic E-state index is -0.366. The number of ether oxygens (including phenoxy) is 1. The van der Waals surface area contributed by atoms with Gasteiger partial charge < -0.3 is 9.64 Å². The van der Waals surface area contributed by atoms with Crippen LogP contribution in [0, 0.1) is 0 Å². The Balaban J connectivity index is 2.11. The Morgan fingerprint density at radius 1 is 1.57 bits per heavy atom. The van der Waals surface area contributed by atoms with E-state index in [1.165, 1.54) is 11.8 Å². The van der Waals surface area contributed by atoms with Crippen molar-refractivity contribution in [1.29, 1.82) is 0 Å². The molecule has 2 aliphatic rings. The molecule has 0 radical (unpaired) electrons. The molecular weight excluding hydrogens is 290 g/mol. The largest absolute Gasteiger partial charge is 0.445 e. The highest BCUT2D eigenvalue weighted by atomic mass is 32.2. The highest BCUT2D eigenvalue weighted by Gasteiger charge is 2.41. The lowest BCUT2D eigenvalue weighted by molar-refractivity contribution is -0.109. The van der Waals surface area contributed by atoms with E-state index in [0.717, 1.165) is 25.3 Å². The van der Waals surface area contributed by atoms with Gasteiger partial charge in [-0.15, -0.1) is 0 Å². The van der Waals surface area contributed by atoms with E-state index in [9.17, 15) is 9.59 Å². The van der Waals surface area contributed by atoms with Gasteiger partial charge >= 0.3 is 6.09 Å². The molecule has 0 spiro atoms. The Hall–Kier alpha value is -1.50. The van der Waals surface area contributed by atoms with E-state index in [-0.39, 0.29) is 29.1 Å². The number of thioether (sulfide) groups is 1. The lowest BCUT2D eigenvalue weighted by Gasteiger charge is -2.27. The van der Waals surface area contributed by atoms with Crippen molar-refractivity contribution in [1.82, 2.24) is 9.80 Å².